The van der Waals surface area contributed by atoms with Crippen LogP contribution in [-0.4, -0.2) is 29.8 Å². The highest BCUT2D eigenvalue weighted by Gasteiger charge is 2.33. The molecule has 18 heavy (non-hydrogen) atoms. The van der Waals surface area contributed by atoms with Crippen LogP contribution in [0.5, 0.6) is 0 Å². The zero-order chi connectivity index (χ0) is 13.6. The van der Waals surface area contributed by atoms with Gasteiger partial charge in [0, 0.05) is 7.11 Å². The van der Waals surface area contributed by atoms with Gasteiger partial charge < -0.3 is 14.0 Å². The fraction of sp³-hybridized carbons (Fsp3) is 0.750. The van der Waals surface area contributed by atoms with E-state index in [9.17, 15) is 4.79 Å². The topological polar surface area (TPSA) is 74.5 Å². The summed E-state index contributed by atoms with van der Waals surface area (Å²) < 4.78 is 15.4. The largest absolute Gasteiger partial charge is 0.466 e. The van der Waals surface area contributed by atoms with E-state index in [1.54, 1.807) is 14.0 Å². The molecular weight excluding hydrogens is 236 g/mol. The van der Waals surface area contributed by atoms with Crippen molar-refractivity contribution in [1.29, 1.82) is 0 Å². The summed E-state index contributed by atoms with van der Waals surface area (Å²) in [4.78, 5) is 15.5. The maximum Gasteiger partial charge on any atom is 0.315 e. The Labute approximate surface area is 107 Å². The van der Waals surface area contributed by atoms with E-state index in [2.05, 4.69) is 10.1 Å². The van der Waals surface area contributed by atoms with Crippen LogP contribution in [0.2, 0.25) is 0 Å². The molecular formula is C12H20N2O4. The molecule has 0 unspecified atom stereocenters. The highest BCUT2D eigenvalue weighted by molar-refractivity contribution is 5.71. The molecule has 102 valence electrons. The summed E-state index contributed by atoms with van der Waals surface area (Å²) in [6, 6.07) is 0. The fourth-order valence-corrected chi connectivity index (χ4v) is 1.79. The van der Waals surface area contributed by atoms with E-state index in [0.29, 0.717) is 12.4 Å². The lowest BCUT2D eigenvalue weighted by Gasteiger charge is -2.25. The number of aromatic nitrogens is 2. The monoisotopic (exact) mass is 256 g/mol. The summed E-state index contributed by atoms with van der Waals surface area (Å²) in [5.74, 6) is 0.366. The number of methoxy groups -OCH3 is 1. The SMILES string of the molecule is CCOC(=O)Cc1nc(C(CC)(CC)OC)no1. The van der Waals surface area contributed by atoms with E-state index in [1.807, 2.05) is 13.8 Å². The average Bonchev–Trinajstić information content (AvgIpc) is 2.81. The lowest BCUT2D eigenvalue weighted by Crippen LogP contribution is -2.28. The highest BCUT2D eigenvalue weighted by atomic mass is 16.5. The first-order valence-corrected chi connectivity index (χ1v) is 6.15. The molecule has 1 aromatic heterocycles. The van der Waals surface area contributed by atoms with E-state index in [1.165, 1.54) is 0 Å². The van der Waals surface area contributed by atoms with Gasteiger partial charge in [-0.3, -0.25) is 4.79 Å². The van der Waals surface area contributed by atoms with Gasteiger partial charge in [0.15, 0.2) is 0 Å². The molecule has 0 spiro atoms. The van der Waals surface area contributed by atoms with Crippen LogP contribution in [0.3, 0.4) is 0 Å². The van der Waals surface area contributed by atoms with Crippen molar-refractivity contribution in [1.82, 2.24) is 10.1 Å². The zero-order valence-corrected chi connectivity index (χ0v) is 11.4. The van der Waals surface area contributed by atoms with Gasteiger partial charge in [0.25, 0.3) is 0 Å². The predicted octanol–water partition coefficient (Wildman–Crippen LogP) is 1.84. The zero-order valence-electron chi connectivity index (χ0n) is 11.4. The van der Waals surface area contributed by atoms with Gasteiger partial charge >= 0.3 is 5.97 Å². The molecule has 0 aliphatic carbocycles. The van der Waals surface area contributed by atoms with Crippen LogP contribution in [0.25, 0.3) is 0 Å². The van der Waals surface area contributed by atoms with Crippen LogP contribution in [0, 0.1) is 0 Å². The summed E-state index contributed by atoms with van der Waals surface area (Å²) in [5, 5.41) is 3.90. The minimum absolute atomic E-state index is 0.00589. The summed E-state index contributed by atoms with van der Waals surface area (Å²) in [6.07, 6.45) is 1.46. The number of rotatable bonds is 7. The lowest BCUT2D eigenvalue weighted by molar-refractivity contribution is -0.142. The Balaban J connectivity index is 2.81. The van der Waals surface area contributed by atoms with E-state index in [4.69, 9.17) is 14.0 Å². The molecule has 0 N–H and O–H groups in total. The Morgan fingerprint density at radius 3 is 2.50 bits per heavy atom. The van der Waals surface area contributed by atoms with Gasteiger partial charge in [-0.1, -0.05) is 19.0 Å². The minimum Gasteiger partial charge on any atom is -0.466 e. The van der Waals surface area contributed by atoms with Crippen LogP contribution in [0.4, 0.5) is 0 Å². The van der Waals surface area contributed by atoms with Gasteiger partial charge in [0.1, 0.15) is 12.0 Å². The first-order chi connectivity index (χ1) is 8.61. The summed E-state index contributed by atoms with van der Waals surface area (Å²) in [6.45, 7) is 6.08. The first-order valence-electron chi connectivity index (χ1n) is 6.15. The molecule has 0 amide bonds. The fourth-order valence-electron chi connectivity index (χ4n) is 1.79. The maximum atomic E-state index is 11.3. The van der Waals surface area contributed by atoms with Gasteiger partial charge in [-0.2, -0.15) is 4.98 Å². The number of carbonyl (C=O) groups is 1. The van der Waals surface area contributed by atoms with Gasteiger partial charge in [-0.05, 0) is 19.8 Å². The minimum atomic E-state index is -0.545. The molecule has 0 atom stereocenters. The molecule has 6 nitrogen and oxygen atoms in total. The average molecular weight is 256 g/mol. The van der Waals surface area contributed by atoms with Crippen molar-refractivity contribution in [3.05, 3.63) is 11.7 Å². The molecule has 0 aliphatic rings. The Kier molecular flexibility index (Phi) is 5.27. The van der Waals surface area contributed by atoms with Crippen molar-refractivity contribution in [3.63, 3.8) is 0 Å². The van der Waals surface area contributed by atoms with Crippen molar-refractivity contribution in [3.8, 4) is 0 Å². The highest BCUT2D eigenvalue weighted by Crippen LogP contribution is 2.29. The Hall–Kier alpha value is -1.43. The molecule has 0 bridgehead atoms. The second kappa shape index (κ2) is 6.49. The molecule has 0 fully saturated rings. The van der Waals surface area contributed by atoms with Crippen LogP contribution >= 0.6 is 0 Å². The van der Waals surface area contributed by atoms with Gasteiger partial charge in [-0.25, -0.2) is 0 Å². The molecule has 0 radical (unpaired) electrons. The van der Waals surface area contributed by atoms with Gasteiger partial charge in [-0.15, -0.1) is 0 Å². The Morgan fingerprint density at radius 1 is 1.33 bits per heavy atom. The predicted molar refractivity (Wildman–Crippen MR) is 63.9 cm³/mol. The Morgan fingerprint density at radius 2 is 2.00 bits per heavy atom. The summed E-state index contributed by atoms with van der Waals surface area (Å²) >= 11 is 0. The third-order valence-electron chi connectivity index (χ3n) is 3.01. The number of hydrogen-bond donors (Lipinski definition) is 0. The van der Waals surface area contributed by atoms with E-state index < -0.39 is 5.60 Å². The molecule has 0 saturated heterocycles. The first kappa shape index (κ1) is 14.6. The van der Waals surface area contributed by atoms with Gasteiger partial charge in [0.05, 0.1) is 6.61 Å². The number of hydrogen-bond acceptors (Lipinski definition) is 6. The van der Waals surface area contributed by atoms with Crippen LogP contribution in [-0.2, 0) is 26.3 Å². The van der Waals surface area contributed by atoms with E-state index >= 15 is 0 Å². The van der Waals surface area contributed by atoms with Crippen molar-refractivity contribution in [2.45, 2.75) is 45.6 Å². The van der Waals surface area contributed by atoms with E-state index in [0.717, 1.165) is 12.8 Å². The van der Waals surface area contributed by atoms with Crippen LogP contribution in [0.15, 0.2) is 4.52 Å². The third-order valence-corrected chi connectivity index (χ3v) is 3.01. The van der Waals surface area contributed by atoms with E-state index in [-0.39, 0.29) is 18.3 Å². The third kappa shape index (κ3) is 3.07. The molecule has 1 aromatic rings. The van der Waals surface area contributed by atoms with Crippen molar-refractivity contribution >= 4 is 5.97 Å². The molecule has 0 saturated carbocycles. The molecule has 6 heteroatoms. The second-order valence-electron chi connectivity index (χ2n) is 3.90. The molecule has 1 rings (SSSR count). The van der Waals surface area contributed by atoms with Crippen molar-refractivity contribution in [2.75, 3.05) is 13.7 Å². The number of nitrogens with zero attached hydrogens (tertiary/aromatic N) is 2. The quantitative estimate of drug-likeness (QED) is 0.693. The normalized spacial score (nSPS) is 11.6. The summed E-state index contributed by atoms with van der Waals surface area (Å²) in [5.41, 5.74) is -0.545. The number of esters is 1. The molecule has 1 heterocycles. The van der Waals surface area contributed by atoms with Crippen LogP contribution < -0.4 is 0 Å². The lowest BCUT2D eigenvalue weighted by atomic mass is 9.96. The second-order valence-corrected chi connectivity index (χ2v) is 3.90. The van der Waals surface area contributed by atoms with Crippen molar-refractivity contribution < 1.29 is 18.8 Å². The van der Waals surface area contributed by atoms with Crippen molar-refractivity contribution in [2.24, 2.45) is 0 Å². The molecule has 0 aromatic carbocycles. The standard InChI is InChI=1S/C12H20N2O4/c1-5-12(6-2,16-4)11-13-9(18-14-11)8-10(15)17-7-3/h5-8H2,1-4H3. The maximum absolute atomic E-state index is 11.3. The van der Waals surface area contributed by atoms with Crippen LogP contribution in [0.1, 0.15) is 45.3 Å². The number of ether oxygens (including phenoxy) is 2. The Bertz CT molecular complexity index is 377. The number of carbonyl (C=O) groups excluding carboxylic acids is 1. The smallest absolute Gasteiger partial charge is 0.315 e. The van der Waals surface area contributed by atoms with Gasteiger partial charge in [0.2, 0.25) is 11.7 Å². The molecule has 0 aliphatic heterocycles. The summed E-state index contributed by atoms with van der Waals surface area (Å²) in [7, 11) is 1.62.